The molecule has 1 amide bonds. The molecule has 2 aromatic carbocycles. The number of nitrogens with one attached hydrogen (secondary N) is 2. The van der Waals surface area contributed by atoms with Crippen LogP contribution in [0.5, 0.6) is 11.5 Å². The first kappa shape index (κ1) is 17.0. The summed E-state index contributed by atoms with van der Waals surface area (Å²) >= 11 is 5.96. The number of ether oxygens (including phenoxy) is 2. The van der Waals surface area contributed by atoms with E-state index in [9.17, 15) is 4.79 Å². The summed E-state index contributed by atoms with van der Waals surface area (Å²) in [4.78, 5) is 12.0. The van der Waals surface area contributed by atoms with E-state index < -0.39 is 0 Å². The molecule has 0 bridgehead atoms. The van der Waals surface area contributed by atoms with Gasteiger partial charge < -0.3 is 20.1 Å². The summed E-state index contributed by atoms with van der Waals surface area (Å²) < 4.78 is 10.4. The van der Waals surface area contributed by atoms with Gasteiger partial charge in [-0.1, -0.05) is 17.7 Å². The Hall–Kier alpha value is -2.40. The van der Waals surface area contributed by atoms with Crippen molar-refractivity contribution in [1.29, 1.82) is 0 Å². The van der Waals surface area contributed by atoms with Crippen molar-refractivity contribution in [2.45, 2.75) is 6.42 Å². The van der Waals surface area contributed by atoms with Gasteiger partial charge in [-0.15, -0.1) is 0 Å². The number of methoxy groups -OCH3 is 2. The van der Waals surface area contributed by atoms with E-state index in [2.05, 4.69) is 10.6 Å². The fourth-order valence-electron chi connectivity index (χ4n) is 2.05. The van der Waals surface area contributed by atoms with Gasteiger partial charge in [-0.2, -0.15) is 0 Å². The topological polar surface area (TPSA) is 59.6 Å². The van der Waals surface area contributed by atoms with Gasteiger partial charge in [-0.05, 0) is 30.3 Å². The molecule has 122 valence electrons. The van der Waals surface area contributed by atoms with Gasteiger partial charge in [0.05, 0.1) is 19.9 Å². The van der Waals surface area contributed by atoms with Crippen molar-refractivity contribution < 1.29 is 14.3 Å². The smallest absolute Gasteiger partial charge is 0.226 e. The zero-order chi connectivity index (χ0) is 16.7. The molecule has 0 radical (unpaired) electrons. The molecule has 0 heterocycles. The lowest BCUT2D eigenvalue weighted by Gasteiger charge is -2.12. The summed E-state index contributed by atoms with van der Waals surface area (Å²) in [5.74, 6) is 1.29. The molecule has 0 saturated heterocycles. The molecule has 0 fully saturated rings. The average molecular weight is 335 g/mol. The lowest BCUT2D eigenvalue weighted by Crippen LogP contribution is -2.16. The maximum atomic E-state index is 12.0. The fraction of sp³-hybridized carbons (Fsp3) is 0.235. The predicted molar refractivity (Wildman–Crippen MR) is 92.7 cm³/mol. The Morgan fingerprint density at radius 3 is 2.70 bits per heavy atom. The van der Waals surface area contributed by atoms with Crippen LogP contribution in [-0.4, -0.2) is 26.7 Å². The lowest BCUT2D eigenvalue weighted by atomic mass is 10.2. The van der Waals surface area contributed by atoms with Crippen LogP contribution in [0.1, 0.15) is 6.42 Å². The normalized spacial score (nSPS) is 10.0. The van der Waals surface area contributed by atoms with Crippen LogP contribution >= 0.6 is 11.6 Å². The van der Waals surface area contributed by atoms with Gasteiger partial charge in [0.15, 0.2) is 0 Å². The molecular formula is C17H19ClN2O3. The highest BCUT2D eigenvalue weighted by Crippen LogP contribution is 2.27. The number of rotatable bonds is 7. The van der Waals surface area contributed by atoms with E-state index in [-0.39, 0.29) is 5.91 Å². The van der Waals surface area contributed by atoms with Gasteiger partial charge in [0.25, 0.3) is 0 Å². The van der Waals surface area contributed by atoms with Crippen molar-refractivity contribution in [2.75, 3.05) is 31.4 Å². The van der Waals surface area contributed by atoms with E-state index in [1.54, 1.807) is 38.5 Å². The second-order valence-electron chi connectivity index (χ2n) is 4.80. The Labute approximate surface area is 140 Å². The standard InChI is InChI=1S/C17H19ClN2O3/c1-22-14-5-3-4-13(11-14)20-17(21)8-9-19-15-10-12(18)6-7-16(15)23-2/h3-7,10-11,19H,8-9H2,1-2H3,(H,20,21). The first-order valence-corrected chi connectivity index (χ1v) is 7.51. The zero-order valence-corrected chi connectivity index (χ0v) is 13.8. The number of hydrogen-bond acceptors (Lipinski definition) is 4. The first-order chi connectivity index (χ1) is 11.1. The first-order valence-electron chi connectivity index (χ1n) is 7.13. The minimum absolute atomic E-state index is 0.0910. The molecule has 23 heavy (non-hydrogen) atoms. The van der Waals surface area contributed by atoms with Crippen LogP contribution in [-0.2, 0) is 4.79 Å². The van der Waals surface area contributed by atoms with Gasteiger partial charge in [0.1, 0.15) is 11.5 Å². The molecule has 0 spiro atoms. The highest BCUT2D eigenvalue weighted by Gasteiger charge is 2.06. The molecular weight excluding hydrogens is 316 g/mol. The predicted octanol–water partition coefficient (Wildman–Crippen LogP) is 3.80. The Bertz CT molecular complexity index is 677. The van der Waals surface area contributed by atoms with Crippen molar-refractivity contribution in [2.24, 2.45) is 0 Å². The second kappa shape index (κ2) is 8.29. The molecule has 6 heteroatoms. The molecule has 0 aliphatic heterocycles. The molecule has 2 aromatic rings. The minimum Gasteiger partial charge on any atom is -0.497 e. The zero-order valence-electron chi connectivity index (χ0n) is 13.1. The number of halogens is 1. The largest absolute Gasteiger partial charge is 0.497 e. The Morgan fingerprint density at radius 2 is 1.96 bits per heavy atom. The summed E-state index contributed by atoms with van der Waals surface area (Å²) in [6.07, 6.45) is 0.312. The van der Waals surface area contributed by atoms with Crippen molar-refractivity contribution in [3.63, 3.8) is 0 Å². The third-order valence-corrected chi connectivity index (χ3v) is 3.42. The third kappa shape index (κ3) is 5.07. The molecule has 5 nitrogen and oxygen atoms in total. The summed E-state index contributed by atoms with van der Waals surface area (Å²) in [5.41, 5.74) is 1.46. The van der Waals surface area contributed by atoms with Gasteiger partial charge in [-0.25, -0.2) is 0 Å². The van der Waals surface area contributed by atoms with Crippen LogP contribution in [0, 0.1) is 0 Å². The molecule has 0 saturated carbocycles. The number of amides is 1. The second-order valence-corrected chi connectivity index (χ2v) is 5.24. The van der Waals surface area contributed by atoms with E-state index in [0.717, 1.165) is 5.69 Å². The van der Waals surface area contributed by atoms with E-state index in [4.69, 9.17) is 21.1 Å². The summed E-state index contributed by atoms with van der Waals surface area (Å²) in [7, 11) is 3.17. The molecule has 0 aromatic heterocycles. The van der Waals surface area contributed by atoms with E-state index >= 15 is 0 Å². The average Bonchev–Trinajstić information content (AvgIpc) is 2.55. The summed E-state index contributed by atoms with van der Waals surface area (Å²) in [6, 6.07) is 12.5. The molecule has 0 atom stereocenters. The number of anilines is 2. The van der Waals surface area contributed by atoms with Crippen LogP contribution in [0.25, 0.3) is 0 Å². The van der Waals surface area contributed by atoms with Crippen molar-refractivity contribution in [1.82, 2.24) is 0 Å². The van der Waals surface area contributed by atoms with Gasteiger partial charge in [-0.3, -0.25) is 4.79 Å². The van der Waals surface area contributed by atoms with Crippen LogP contribution in [0.3, 0.4) is 0 Å². The number of hydrogen-bond donors (Lipinski definition) is 2. The van der Waals surface area contributed by atoms with Crippen molar-refractivity contribution in [3.05, 3.63) is 47.5 Å². The van der Waals surface area contributed by atoms with Crippen LogP contribution in [0.2, 0.25) is 5.02 Å². The van der Waals surface area contributed by atoms with Crippen molar-refractivity contribution in [3.8, 4) is 11.5 Å². The molecule has 0 aliphatic rings. The summed E-state index contributed by atoms with van der Waals surface area (Å²) in [5, 5.41) is 6.58. The fourth-order valence-corrected chi connectivity index (χ4v) is 2.23. The van der Waals surface area contributed by atoms with Crippen LogP contribution < -0.4 is 20.1 Å². The number of carbonyl (C=O) groups is 1. The quantitative estimate of drug-likeness (QED) is 0.808. The number of carbonyl (C=O) groups excluding carboxylic acids is 1. The van der Waals surface area contributed by atoms with Gasteiger partial charge in [0, 0.05) is 29.7 Å². The van der Waals surface area contributed by atoms with Crippen molar-refractivity contribution >= 4 is 28.9 Å². The van der Waals surface area contributed by atoms with E-state index in [1.165, 1.54) is 0 Å². The Morgan fingerprint density at radius 1 is 1.13 bits per heavy atom. The monoisotopic (exact) mass is 334 g/mol. The molecule has 2 rings (SSSR count). The molecule has 2 N–H and O–H groups in total. The Balaban J connectivity index is 1.86. The molecule has 0 aliphatic carbocycles. The van der Waals surface area contributed by atoms with Gasteiger partial charge in [0.2, 0.25) is 5.91 Å². The Kier molecular flexibility index (Phi) is 6.11. The maximum absolute atomic E-state index is 12.0. The van der Waals surface area contributed by atoms with Crippen LogP contribution in [0.4, 0.5) is 11.4 Å². The van der Waals surface area contributed by atoms with Gasteiger partial charge >= 0.3 is 0 Å². The number of benzene rings is 2. The maximum Gasteiger partial charge on any atom is 0.226 e. The third-order valence-electron chi connectivity index (χ3n) is 3.18. The molecule has 0 unspecified atom stereocenters. The minimum atomic E-state index is -0.0910. The summed E-state index contributed by atoms with van der Waals surface area (Å²) in [6.45, 7) is 0.465. The lowest BCUT2D eigenvalue weighted by molar-refractivity contribution is -0.115. The SMILES string of the molecule is COc1cccc(NC(=O)CCNc2cc(Cl)ccc2OC)c1. The highest BCUT2D eigenvalue weighted by molar-refractivity contribution is 6.30. The van der Waals surface area contributed by atoms with E-state index in [1.807, 2.05) is 18.2 Å². The highest BCUT2D eigenvalue weighted by atomic mass is 35.5. The van der Waals surface area contributed by atoms with E-state index in [0.29, 0.717) is 35.2 Å². The van der Waals surface area contributed by atoms with Crippen LogP contribution in [0.15, 0.2) is 42.5 Å².